The fraction of sp³-hybridized carbons (Fsp3) is 0.167. The van der Waals surface area contributed by atoms with Crippen LogP contribution in [0.1, 0.15) is 5.56 Å². The van der Waals surface area contributed by atoms with Gasteiger partial charge in [0.05, 0.1) is 6.07 Å². The Morgan fingerprint density at radius 2 is 2.06 bits per heavy atom. The summed E-state index contributed by atoms with van der Waals surface area (Å²) in [6.07, 6.45) is 1.57. The van der Waals surface area contributed by atoms with Gasteiger partial charge in [0.15, 0.2) is 0 Å². The molecule has 1 heterocycles. The van der Waals surface area contributed by atoms with Crippen molar-refractivity contribution in [3.63, 3.8) is 0 Å². The van der Waals surface area contributed by atoms with Crippen LogP contribution in [-0.2, 0) is 6.42 Å². The Hall–Kier alpha value is -2.01. The zero-order valence-electron chi connectivity index (χ0n) is 9.01. The summed E-state index contributed by atoms with van der Waals surface area (Å²) < 4.78 is 18.3. The van der Waals surface area contributed by atoms with Crippen molar-refractivity contribution in [1.29, 1.82) is 0 Å². The summed E-state index contributed by atoms with van der Waals surface area (Å²) in [6.45, 7) is 0.0263. The van der Waals surface area contributed by atoms with Crippen LogP contribution in [0.15, 0.2) is 36.7 Å². The molecule has 0 unspecified atom stereocenters. The molecular weight excluding hydrogens is 223 g/mol. The van der Waals surface area contributed by atoms with Crippen LogP contribution in [-0.4, -0.2) is 21.7 Å². The number of ether oxygens (including phenoxy) is 1. The normalized spacial score (nSPS) is 10.2. The summed E-state index contributed by atoms with van der Waals surface area (Å²) in [7, 11) is 0. The number of aliphatic hydroxyl groups is 1. The van der Waals surface area contributed by atoms with Crippen molar-refractivity contribution >= 4 is 0 Å². The Bertz CT molecular complexity index is 505. The van der Waals surface area contributed by atoms with Crippen molar-refractivity contribution in [3.05, 3.63) is 48.2 Å². The maximum absolute atomic E-state index is 12.8. The van der Waals surface area contributed by atoms with Crippen LogP contribution in [0.3, 0.4) is 0 Å². The molecule has 0 fully saturated rings. The molecule has 2 rings (SSSR count). The first-order valence-corrected chi connectivity index (χ1v) is 5.14. The van der Waals surface area contributed by atoms with Crippen LogP contribution >= 0.6 is 0 Å². The second-order valence-corrected chi connectivity index (χ2v) is 3.36. The predicted molar refractivity (Wildman–Crippen MR) is 59.3 cm³/mol. The van der Waals surface area contributed by atoms with Crippen LogP contribution in [0.4, 0.5) is 4.39 Å². The number of para-hydroxylation sites is 1. The molecule has 0 saturated heterocycles. The lowest BCUT2D eigenvalue weighted by molar-refractivity contribution is 0.297. The standard InChI is InChI=1S/C12H11FN2O2/c13-11-7-12(15-8-14-11)17-10-4-2-1-3-9(10)5-6-16/h1-4,7-8,16H,5-6H2. The summed E-state index contributed by atoms with van der Waals surface area (Å²) in [5.74, 6) is 0.0529. The molecule has 2 aromatic rings. The zero-order chi connectivity index (χ0) is 12.1. The van der Waals surface area contributed by atoms with Crippen molar-refractivity contribution in [2.75, 3.05) is 6.61 Å². The first-order valence-electron chi connectivity index (χ1n) is 5.14. The van der Waals surface area contributed by atoms with E-state index in [9.17, 15) is 4.39 Å². The molecular formula is C12H11FN2O2. The van der Waals surface area contributed by atoms with Gasteiger partial charge >= 0.3 is 0 Å². The summed E-state index contributed by atoms with van der Waals surface area (Å²) in [4.78, 5) is 7.14. The molecule has 4 nitrogen and oxygen atoms in total. The van der Waals surface area contributed by atoms with Crippen molar-refractivity contribution < 1.29 is 14.2 Å². The summed E-state index contributed by atoms with van der Waals surface area (Å²) in [5, 5.41) is 8.91. The first kappa shape index (κ1) is 11.5. The highest BCUT2D eigenvalue weighted by molar-refractivity contribution is 5.35. The maximum Gasteiger partial charge on any atom is 0.225 e. The Morgan fingerprint density at radius 3 is 2.82 bits per heavy atom. The molecule has 88 valence electrons. The molecule has 0 aliphatic carbocycles. The van der Waals surface area contributed by atoms with Gasteiger partial charge in [0.25, 0.3) is 0 Å². The molecule has 1 aromatic carbocycles. The highest BCUT2D eigenvalue weighted by Crippen LogP contribution is 2.23. The first-order chi connectivity index (χ1) is 8.29. The van der Waals surface area contributed by atoms with Crippen molar-refractivity contribution in [2.24, 2.45) is 0 Å². The molecule has 0 radical (unpaired) electrons. The van der Waals surface area contributed by atoms with Gasteiger partial charge in [-0.2, -0.15) is 4.39 Å². The zero-order valence-corrected chi connectivity index (χ0v) is 9.01. The summed E-state index contributed by atoms with van der Waals surface area (Å²) in [6, 6.07) is 8.33. The second kappa shape index (κ2) is 5.36. The minimum absolute atomic E-state index is 0.0263. The second-order valence-electron chi connectivity index (χ2n) is 3.36. The highest BCUT2D eigenvalue weighted by Gasteiger charge is 2.05. The number of nitrogens with zero attached hydrogens (tertiary/aromatic N) is 2. The van der Waals surface area contributed by atoms with Gasteiger partial charge in [-0.25, -0.2) is 9.97 Å². The molecule has 1 N–H and O–H groups in total. The number of halogens is 1. The van der Waals surface area contributed by atoms with Gasteiger partial charge in [-0.15, -0.1) is 0 Å². The van der Waals surface area contributed by atoms with Crippen LogP contribution < -0.4 is 4.74 Å². The van der Waals surface area contributed by atoms with E-state index < -0.39 is 5.95 Å². The van der Waals surface area contributed by atoms with E-state index in [1.54, 1.807) is 12.1 Å². The fourth-order valence-electron chi connectivity index (χ4n) is 1.42. The lowest BCUT2D eigenvalue weighted by Gasteiger charge is -2.08. The summed E-state index contributed by atoms with van der Waals surface area (Å²) >= 11 is 0. The average molecular weight is 234 g/mol. The quantitative estimate of drug-likeness (QED) is 0.821. The molecule has 1 aromatic heterocycles. The Balaban J connectivity index is 2.23. The van der Waals surface area contributed by atoms with Gasteiger partial charge in [-0.05, 0) is 18.1 Å². The molecule has 0 aliphatic rings. The van der Waals surface area contributed by atoms with Gasteiger partial charge in [0.1, 0.15) is 12.1 Å². The van der Waals surface area contributed by atoms with E-state index in [0.717, 1.165) is 18.0 Å². The topological polar surface area (TPSA) is 55.2 Å². The maximum atomic E-state index is 12.8. The molecule has 0 spiro atoms. The van der Waals surface area contributed by atoms with Crippen molar-refractivity contribution in [1.82, 2.24) is 9.97 Å². The van der Waals surface area contributed by atoms with Crippen LogP contribution in [0.5, 0.6) is 11.6 Å². The third kappa shape index (κ3) is 2.98. The van der Waals surface area contributed by atoms with E-state index in [2.05, 4.69) is 9.97 Å². The molecule has 0 atom stereocenters. The largest absolute Gasteiger partial charge is 0.439 e. The van der Waals surface area contributed by atoms with E-state index in [0.29, 0.717) is 12.2 Å². The van der Waals surface area contributed by atoms with Gasteiger partial charge in [-0.3, -0.25) is 0 Å². The molecule has 17 heavy (non-hydrogen) atoms. The molecule has 0 saturated carbocycles. The average Bonchev–Trinajstić information content (AvgIpc) is 2.32. The highest BCUT2D eigenvalue weighted by atomic mass is 19.1. The molecule has 0 bridgehead atoms. The number of aliphatic hydroxyl groups excluding tert-OH is 1. The number of rotatable bonds is 4. The van der Waals surface area contributed by atoms with Crippen LogP contribution in [0.2, 0.25) is 0 Å². The lowest BCUT2D eigenvalue weighted by Crippen LogP contribution is -1.97. The lowest BCUT2D eigenvalue weighted by atomic mass is 10.1. The SMILES string of the molecule is OCCc1ccccc1Oc1cc(F)ncn1. The number of hydrogen-bond donors (Lipinski definition) is 1. The third-order valence-electron chi connectivity index (χ3n) is 2.18. The number of benzene rings is 1. The van der Waals surface area contributed by atoms with Crippen LogP contribution in [0.25, 0.3) is 0 Å². The fourth-order valence-corrected chi connectivity index (χ4v) is 1.42. The van der Waals surface area contributed by atoms with Crippen molar-refractivity contribution in [3.8, 4) is 11.6 Å². The summed E-state index contributed by atoms with van der Waals surface area (Å²) in [5.41, 5.74) is 0.842. The minimum atomic E-state index is -0.644. The molecule has 5 heteroatoms. The monoisotopic (exact) mass is 234 g/mol. The van der Waals surface area contributed by atoms with E-state index in [-0.39, 0.29) is 12.5 Å². The van der Waals surface area contributed by atoms with E-state index in [1.807, 2.05) is 12.1 Å². The molecule has 0 aliphatic heterocycles. The van der Waals surface area contributed by atoms with Gasteiger partial charge in [0, 0.05) is 6.61 Å². The van der Waals surface area contributed by atoms with E-state index in [4.69, 9.17) is 9.84 Å². The van der Waals surface area contributed by atoms with E-state index >= 15 is 0 Å². The van der Waals surface area contributed by atoms with Gasteiger partial charge in [0.2, 0.25) is 11.8 Å². The van der Waals surface area contributed by atoms with E-state index in [1.165, 1.54) is 0 Å². The minimum Gasteiger partial charge on any atom is -0.439 e. The Labute approximate surface area is 97.7 Å². The van der Waals surface area contributed by atoms with Gasteiger partial charge in [-0.1, -0.05) is 18.2 Å². The number of aromatic nitrogens is 2. The third-order valence-corrected chi connectivity index (χ3v) is 2.18. The molecule has 0 amide bonds. The predicted octanol–water partition coefficient (Wildman–Crippen LogP) is 1.94. The van der Waals surface area contributed by atoms with Crippen molar-refractivity contribution in [2.45, 2.75) is 6.42 Å². The van der Waals surface area contributed by atoms with Crippen LogP contribution in [0, 0.1) is 5.95 Å². The van der Waals surface area contributed by atoms with Gasteiger partial charge < -0.3 is 9.84 Å². The Kier molecular flexibility index (Phi) is 3.62. The number of hydrogen-bond acceptors (Lipinski definition) is 4. The smallest absolute Gasteiger partial charge is 0.225 e. The Morgan fingerprint density at radius 1 is 1.24 bits per heavy atom.